The largest absolute Gasteiger partial charge is 0.384 e. The van der Waals surface area contributed by atoms with Gasteiger partial charge in [0.05, 0.1) is 0 Å². The van der Waals surface area contributed by atoms with Crippen molar-refractivity contribution in [2.24, 2.45) is 0 Å². The lowest BCUT2D eigenvalue weighted by molar-refractivity contribution is 1.21. The zero-order chi connectivity index (χ0) is 10.1. The Kier molecular flexibility index (Phi) is 2.25. The smallest absolute Gasteiger partial charge is 0.123 e. The van der Waals surface area contributed by atoms with Gasteiger partial charge in [-0.15, -0.1) is 11.3 Å². The first-order valence-electron chi connectivity index (χ1n) is 4.45. The van der Waals surface area contributed by atoms with Gasteiger partial charge in [0, 0.05) is 16.1 Å². The molecule has 2 aromatic heterocycles. The van der Waals surface area contributed by atoms with Crippen molar-refractivity contribution in [2.45, 2.75) is 13.8 Å². The average molecular weight is 204 g/mol. The van der Waals surface area contributed by atoms with Crippen LogP contribution in [0.3, 0.4) is 0 Å². The Morgan fingerprint density at radius 1 is 1.29 bits per heavy atom. The van der Waals surface area contributed by atoms with Crippen LogP contribution in [0.25, 0.3) is 11.1 Å². The number of nitrogen functional groups attached to an aromatic ring is 1. The summed E-state index contributed by atoms with van der Waals surface area (Å²) < 4.78 is 0. The molecular weight excluding hydrogens is 192 g/mol. The average Bonchev–Trinajstić information content (AvgIpc) is 2.51. The zero-order valence-corrected chi connectivity index (χ0v) is 9.06. The first-order valence-corrected chi connectivity index (χ1v) is 5.33. The lowest BCUT2D eigenvalue weighted by atomic mass is 10.1. The second-order valence-electron chi connectivity index (χ2n) is 3.32. The van der Waals surface area contributed by atoms with Crippen molar-refractivity contribution in [3.8, 4) is 11.1 Å². The van der Waals surface area contributed by atoms with Crippen LogP contribution < -0.4 is 5.73 Å². The Bertz CT molecular complexity index is 460. The predicted molar refractivity (Wildman–Crippen MR) is 61.4 cm³/mol. The second-order valence-corrected chi connectivity index (χ2v) is 4.43. The van der Waals surface area contributed by atoms with Crippen molar-refractivity contribution in [3.05, 3.63) is 34.2 Å². The molecular formula is C11H12N2S. The Hall–Kier alpha value is -1.35. The van der Waals surface area contributed by atoms with Crippen LogP contribution in [-0.4, -0.2) is 4.98 Å². The fraction of sp³-hybridized carbons (Fsp3) is 0.182. The maximum atomic E-state index is 5.60. The molecule has 2 N–H and O–H groups in total. The van der Waals surface area contributed by atoms with E-state index in [4.69, 9.17) is 5.73 Å². The summed E-state index contributed by atoms with van der Waals surface area (Å²) in [6, 6.07) is 6.04. The van der Waals surface area contributed by atoms with Gasteiger partial charge in [0.15, 0.2) is 0 Å². The molecule has 2 nitrogen and oxygen atoms in total. The minimum absolute atomic E-state index is 0.582. The highest BCUT2D eigenvalue weighted by Crippen LogP contribution is 2.27. The summed E-state index contributed by atoms with van der Waals surface area (Å²) in [7, 11) is 0. The van der Waals surface area contributed by atoms with Crippen LogP contribution in [0.1, 0.15) is 10.6 Å². The molecule has 0 fully saturated rings. The molecule has 0 saturated heterocycles. The molecule has 0 spiro atoms. The molecule has 0 radical (unpaired) electrons. The fourth-order valence-corrected chi connectivity index (χ4v) is 2.17. The molecule has 72 valence electrons. The lowest BCUT2D eigenvalue weighted by Gasteiger charge is -2.02. The molecule has 0 aliphatic heterocycles. The van der Waals surface area contributed by atoms with Crippen LogP contribution in [-0.2, 0) is 0 Å². The number of pyridine rings is 1. The van der Waals surface area contributed by atoms with Crippen molar-refractivity contribution in [1.82, 2.24) is 4.98 Å². The molecule has 0 atom stereocenters. The molecule has 0 amide bonds. The molecule has 0 bridgehead atoms. The van der Waals surface area contributed by atoms with Gasteiger partial charge >= 0.3 is 0 Å². The monoisotopic (exact) mass is 204 g/mol. The van der Waals surface area contributed by atoms with Gasteiger partial charge in [0.2, 0.25) is 0 Å². The van der Waals surface area contributed by atoms with Crippen LogP contribution >= 0.6 is 11.3 Å². The lowest BCUT2D eigenvalue weighted by Crippen LogP contribution is -1.93. The van der Waals surface area contributed by atoms with Gasteiger partial charge in [-0.2, -0.15) is 0 Å². The number of hydrogen-bond donors (Lipinski definition) is 1. The van der Waals surface area contributed by atoms with E-state index >= 15 is 0 Å². The molecule has 0 aliphatic rings. The maximum Gasteiger partial charge on any atom is 0.123 e. The summed E-state index contributed by atoms with van der Waals surface area (Å²) in [5.41, 5.74) is 8.99. The van der Waals surface area contributed by atoms with Gasteiger partial charge < -0.3 is 5.73 Å². The van der Waals surface area contributed by atoms with E-state index in [-0.39, 0.29) is 0 Å². The SMILES string of the molecule is Cc1cc(-c2ccc(N)nc2C)cs1. The number of hydrogen-bond acceptors (Lipinski definition) is 3. The van der Waals surface area contributed by atoms with Gasteiger partial charge in [0.25, 0.3) is 0 Å². The van der Waals surface area contributed by atoms with Gasteiger partial charge in [-0.1, -0.05) is 0 Å². The first kappa shape index (κ1) is 9.21. The summed E-state index contributed by atoms with van der Waals surface area (Å²) in [5, 5.41) is 2.15. The summed E-state index contributed by atoms with van der Waals surface area (Å²) in [6.07, 6.45) is 0. The van der Waals surface area contributed by atoms with Crippen LogP contribution in [0, 0.1) is 13.8 Å². The van der Waals surface area contributed by atoms with Crippen LogP contribution in [0.4, 0.5) is 5.82 Å². The summed E-state index contributed by atoms with van der Waals surface area (Å²) in [4.78, 5) is 5.56. The quantitative estimate of drug-likeness (QED) is 0.775. The Morgan fingerprint density at radius 2 is 2.07 bits per heavy atom. The van der Waals surface area contributed by atoms with E-state index in [1.807, 2.05) is 19.1 Å². The Morgan fingerprint density at radius 3 is 2.64 bits per heavy atom. The topological polar surface area (TPSA) is 38.9 Å². The number of thiophene rings is 1. The Balaban J connectivity index is 2.52. The molecule has 2 heterocycles. The minimum atomic E-state index is 0.582. The van der Waals surface area contributed by atoms with E-state index in [0.29, 0.717) is 5.82 Å². The van der Waals surface area contributed by atoms with Crippen molar-refractivity contribution < 1.29 is 0 Å². The van der Waals surface area contributed by atoms with Gasteiger partial charge in [-0.25, -0.2) is 4.98 Å². The van der Waals surface area contributed by atoms with Gasteiger partial charge in [-0.3, -0.25) is 0 Å². The molecule has 14 heavy (non-hydrogen) atoms. The first-order chi connectivity index (χ1) is 6.66. The minimum Gasteiger partial charge on any atom is -0.384 e. The molecule has 3 heteroatoms. The Labute approximate surface area is 87.4 Å². The summed E-state index contributed by atoms with van der Waals surface area (Å²) >= 11 is 1.75. The highest BCUT2D eigenvalue weighted by atomic mass is 32.1. The van der Waals surface area contributed by atoms with E-state index in [1.54, 1.807) is 11.3 Å². The van der Waals surface area contributed by atoms with E-state index in [0.717, 1.165) is 5.69 Å². The van der Waals surface area contributed by atoms with Crippen molar-refractivity contribution >= 4 is 17.2 Å². The van der Waals surface area contributed by atoms with Crippen LogP contribution in [0.5, 0.6) is 0 Å². The third kappa shape index (κ3) is 1.63. The molecule has 0 saturated carbocycles. The number of nitrogens with zero attached hydrogens (tertiary/aromatic N) is 1. The fourth-order valence-electron chi connectivity index (χ4n) is 1.47. The van der Waals surface area contributed by atoms with E-state index in [1.165, 1.54) is 16.0 Å². The maximum absolute atomic E-state index is 5.60. The van der Waals surface area contributed by atoms with E-state index < -0.39 is 0 Å². The zero-order valence-electron chi connectivity index (χ0n) is 8.24. The third-order valence-electron chi connectivity index (χ3n) is 2.15. The van der Waals surface area contributed by atoms with Crippen molar-refractivity contribution in [3.63, 3.8) is 0 Å². The standard InChI is InChI=1S/C11H12N2S/c1-7-5-9(6-14-7)10-3-4-11(12)13-8(10)2/h3-6H,1-2H3,(H2,12,13). The van der Waals surface area contributed by atoms with Crippen molar-refractivity contribution in [2.75, 3.05) is 5.73 Å². The number of anilines is 1. The highest BCUT2D eigenvalue weighted by molar-refractivity contribution is 7.10. The summed E-state index contributed by atoms with van der Waals surface area (Å²) in [6.45, 7) is 4.09. The summed E-state index contributed by atoms with van der Waals surface area (Å²) in [5.74, 6) is 0.582. The molecule has 0 aromatic carbocycles. The molecule has 2 rings (SSSR count). The predicted octanol–water partition coefficient (Wildman–Crippen LogP) is 3.01. The van der Waals surface area contributed by atoms with E-state index in [9.17, 15) is 0 Å². The molecule has 2 aromatic rings. The number of aryl methyl sites for hydroxylation is 2. The highest BCUT2D eigenvalue weighted by Gasteiger charge is 2.04. The number of rotatable bonds is 1. The molecule has 0 unspecified atom stereocenters. The van der Waals surface area contributed by atoms with Crippen LogP contribution in [0.15, 0.2) is 23.6 Å². The third-order valence-corrected chi connectivity index (χ3v) is 3.01. The normalized spacial score (nSPS) is 10.4. The second kappa shape index (κ2) is 3.42. The molecule has 0 aliphatic carbocycles. The van der Waals surface area contributed by atoms with Crippen molar-refractivity contribution in [1.29, 1.82) is 0 Å². The number of aromatic nitrogens is 1. The number of nitrogens with two attached hydrogens (primary N) is 1. The van der Waals surface area contributed by atoms with E-state index in [2.05, 4.69) is 23.4 Å². The van der Waals surface area contributed by atoms with Crippen LogP contribution in [0.2, 0.25) is 0 Å². The van der Waals surface area contributed by atoms with Gasteiger partial charge in [0.1, 0.15) is 5.82 Å². The van der Waals surface area contributed by atoms with Gasteiger partial charge in [-0.05, 0) is 43.0 Å².